The summed E-state index contributed by atoms with van der Waals surface area (Å²) in [6, 6.07) is 7.29. The van der Waals surface area contributed by atoms with Crippen molar-refractivity contribution in [3.05, 3.63) is 35.4 Å². The van der Waals surface area contributed by atoms with E-state index >= 15 is 0 Å². The molecule has 1 rings (SSSR count). The maximum atomic E-state index is 11.2. The molecule has 16 heavy (non-hydrogen) atoms. The molecule has 0 spiro atoms. The first-order valence-electron chi connectivity index (χ1n) is 5.50. The molecule has 0 aliphatic carbocycles. The van der Waals surface area contributed by atoms with Crippen molar-refractivity contribution in [2.45, 2.75) is 33.2 Å². The maximum Gasteiger partial charge on any atom is 0.220 e. The Balaban J connectivity index is 2.49. The van der Waals surface area contributed by atoms with Crippen LogP contribution in [-0.4, -0.2) is 11.7 Å². The Morgan fingerprint density at radius 3 is 2.31 bits per heavy atom. The van der Waals surface area contributed by atoms with Crippen molar-refractivity contribution in [2.75, 3.05) is 0 Å². The van der Waals surface area contributed by atoms with Gasteiger partial charge in [0.2, 0.25) is 5.91 Å². The zero-order valence-corrected chi connectivity index (χ0v) is 9.75. The Kier molecular flexibility index (Phi) is 4.70. The molecule has 0 fully saturated rings. The molecule has 86 valence electrons. The maximum absolute atomic E-state index is 11.2. The van der Waals surface area contributed by atoms with Crippen LogP contribution in [0.5, 0.6) is 0 Å². The number of hydrogen-bond acceptors (Lipinski definition) is 2. The molecule has 0 saturated heterocycles. The second-order valence-electron chi connectivity index (χ2n) is 3.78. The minimum Gasteiger partial charge on any atom is -0.352 e. The molecule has 0 aromatic heterocycles. The predicted octanol–water partition coefficient (Wildman–Crippen LogP) is 2.31. The van der Waals surface area contributed by atoms with Crippen molar-refractivity contribution in [2.24, 2.45) is 0 Å². The van der Waals surface area contributed by atoms with Crippen molar-refractivity contribution < 1.29 is 9.59 Å². The van der Waals surface area contributed by atoms with Crippen LogP contribution in [0.3, 0.4) is 0 Å². The van der Waals surface area contributed by atoms with Gasteiger partial charge in [-0.25, -0.2) is 0 Å². The van der Waals surface area contributed by atoms with Crippen molar-refractivity contribution >= 4 is 11.7 Å². The highest BCUT2D eigenvalue weighted by atomic mass is 16.1. The van der Waals surface area contributed by atoms with E-state index in [0.29, 0.717) is 18.5 Å². The largest absolute Gasteiger partial charge is 0.352 e. The number of benzene rings is 1. The molecule has 0 atom stereocenters. The molecule has 1 aromatic rings. The fourth-order valence-electron chi connectivity index (χ4n) is 1.37. The molecule has 0 bridgehead atoms. The third-order valence-corrected chi connectivity index (χ3v) is 2.33. The fraction of sp³-hybridized carbons (Fsp3) is 0.385. The highest BCUT2D eigenvalue weighted by Gasteiger charge is 2.01. The number of hydrogen-bond donors (Lipinski definition) is 1. The lowest BCUT2D eigenvalue weighted by molar-refractivity contribution is -0.121. The average Bonchev–Trinajstić information content (AvgIpc) is 2.27. The van der Waals surface area contributed by atoms with E-state index in [2.05, 4.69) is 5.32 Å². The van der Waals surface area contributed by atoms with Crippen LogP contribution >= 0.6 is 0 Å². The van der Waals surface area contributed by atoms with E-state index < -0.39 is 0 Å². The van der Waals surface area contributed by atoms with Gasteiger partial charge in [0.05, 0.1) is 0 Å². The molecule has 0 unspecified atom stereocenters. The summed E-state index contributed by atoms with van der Waals surface area (Å²) in [4.78, 5) is 22.3. The van der Waals surface area contributed by atoms with Gasteiger partial charge in [-0.2, -0.15) is 0 Å². The van der Waals surface area contributed by atoms with Crippen LogP contribution in [0.2, 0.25) is 0 Å². The van der Waals surface area contributed by atoms with Gasteiger partial charge in [-0.05, 0) is 18.9 Å². The first-order valence-corrected chi connectivity index (χ1v) is 5.50. The lowest BCUT2D eigenvalue weighted by Gasteiger charge is -2.04. The minimum absolute atomic E-state index is 0.0570. The summed E-state index contributed by atoms with van der Waals surface area (Å²) < 4.78 is 0. The molecule has 0 aliphatic heterocycles. The summed E-state index contributed by atoms with van der Waals surface area (Å²) in [6.07, 6.45) is 1.42. The molecule has 0 heterocycles. The monoisotopic (exact) mass is 219 g/mol. The lowest BCUT2D eigenvalue weighted by Crippen LogP contribution is -2.22. The molecular weight excluding hydrogens is 202 g/mol. The van der Waals surface area contributed by atoms with Crippen LogP contribution in [-0.2, 0) is 11.3 Å². The summed E-state index contributed by atoms with van der Waals surface area (Å²) in [5, 5.41) is 2.82. The van der Waals surface area contributed by atoms with Crippen molar-refractivity contribution in [1.29, 1.82) is 0 Å². The van der Waals surface area contributed by atoms with Crippen LogP contribution in [0.15, 0.2) is 24.3 Å². The topological polar surface area (TPSA) is 46.2 Å². The van der Waals surface area contributed by atoms with Crippen LogP contribution in [0.1, 0.15) is 42.6 Å². The number of nitrogens with one attached hydrogen (secondary N) is 1. The van der Waals surface area contributed by atoms with Crippen LogP contribution in [0, 0.1) is 0 Å². The third kappa shape index (κ3) is 3.85. The predicted molar refractivity (Wildman–Crippen MR) is 63.2 cm³/mol. The highest BCUT2D eigenvalue weighted by Crippen LogP contribution is 2.05. The first kappa shape index (κ1) is 12.4. The summed E-state index contributed by atoms with van der Waals surface area (Å²) in [6.45, 7) is 4.04. The van der Waals surface area contributed by atoms with Gasteiger partial charge in [-0.15, -0.1) is 0 Å². The summed E-state index contributed by atoms with van der Waals surface area (Å²) >= 11 is 0. The Labute approximate surface area is 95.9 Å². The number of Topliss-reactive ketones (excluding diaryl/α,β-unsaturated/α-hetero) is 1. The Bertz CT molecular complexity index is 368. The molecular formula is C13H17NO2. The Morgan fingerprint density at radius 1 is 1.19 bits per heavy atom. The first-order chi connectivity index (χ1) is 7.63. The summed E-state index contributed by atoms with van der Waals surface area (Å²) in [7, 11) is 0. The number of rotatable bonds is 5. The SMILES string of the molecule is CCCC(=O)NCc1ccc(C(C)=O)cc1. The van der Waals surface area contributed by atoms with Crippen LogP contribution in [0.25, 0.3) is 0 Å². The number of ketones is 1. The quantitative estimate of drug-likeness (QED) is 0.772. The number of carbonyl (C=O) groups is 2. The smallest absolute Gasteiger partial charge is 0.220 e. The van der Waals surface area contributed by atoms with E-state index in [1.807, 2.05) is 19.1 Å². The van der Waals surface area contributed by atoms with E-state index in [1.54, 1.807) is 12.1 Å². The standard InChI is InChI=1S/C13H17NO2/c1-3-4-13(16)14-9-11-5-7-12(8-6-11)10(2)15/h5-8H,3-4,9H2,1-2H3,(H,14,16). The molecule has 3 heteroatoms. The van der Waals surface area contributed by atoms with Gasteiger partial charge < -0.3 is 5.32 Å². The summed E-state index contributed by atoms with van der Waals surface area (Å²) in [5.41, 5.74) is 1.71. The van der Waals surface area contributed by atoms with E-state index in [9.17, 15) is 9.59 Å². The van der Waals surface area contributed by atoms with E-state index in [1.165, 1.54) is 6.92 Å². The Hall–Kier alpha value is -1.64. The highest BCUT2D eigenvalue weighted by molar-refractivity contribution is 5.94. The molecule has 0 aliphatic rings. The van der Waals surface area contributed by atoms with Gasteiger partial charge in [0.25, 0.3) is 0 Å². The van der Waals surface area contributed by atoms with E-state index in [4.69, 9.17) is 0 Å². The number of carbonyl (C=O) groups excluding carboxylic acids is 2. The van der Waals surface area contributed by atoms with Crippen molar-refractivity contribution in [3.8, 4) is 0 Å². The minimum atomic E-state index is 0.0570. The zero-order valence-electron chi connectivity index (χ0n) is 9.75. The molecule has 3 nitrogen and oxygen atoms in total. The van der Waals surface area contributed by atoms with E-state index in [0.717, 1.165) is 12.0 Å². The van der Waals surface area contributed by atoms with Crippen molar-refractivity contribution in [1.82, 2.24) is 5.32 Å². The molecule has 1 amide bonds. The van der Waals surface area contributed by atoms with E-state index in [-0.39, 0.29) is 11.7 Å². The Morgan fingerprint density at radius 2 is 1.81 bits per heavy atom. The average molecular weight is 219 g/mol. The van der Waals surface area contributed by atoms with Gasteiger partial charge >= 0.3 is 0 Å². The van der Waals surface area contributed by atoms with Gasteiger partial charge in [0, 0.05) is 18.5 Å². The molecule has 1 N–H and O–H groups in total. The van der Waals surface area contributed by atoms with Crippen molar-refractivity contribution in [3.63, 3.8) is 0 Å². The second kappa shape index (κ2) is 6.05. The normalized spacial score (nSPS) is 9.88. The van der Waals surface area contributed by atoms with Gasteiger partial charge in [0.15, 0.2) is 5.78 Å². The second-order valence-corrected chi connectivity index (χ2v) is 3.78. The fourth-order valence-corrected chi connectivity index (χ4v) is 1.37. The molecule has 1 aromatic carbocycles. The lowest BCUT2D eigenvalue weighted by atomic mass is 10.1. The zero-order chi connectivity index (χ0) is 12.0. The number of amides is 1. The molecule has 0 saturated carbocycles. The van der Waals surface area contributed by atoms with Gasteiger partial charge in [-0.3, -0.25) is 9.59 Å². The summed E-state index contributed by atoms with van der Waals surface area (Å²) in [5.74, 6) is 0.125. The van der Waals surface area contributed by atoms with Crippen LogP contribution < -0.4 is 5.32 Å². The van der Waals surface area contributed by atoms with Gasteiger partial charge in [0.1, 0.15) is 0 Å². The van der Waals surface area contributed by atoms with Gasteiger partial charge in [-0.1, -0.05) is 31.2 Å². The molecule has 0 radical (unpaired) electrons. The third-order valence-electron chi connectivity index (χ3n) is 2.33. The van der Waals surface area contributed by atoms with Crippen LogP contribution in [0.4, 0.5) is 0 Å².